The quantitative estimate of drug-likeness (QED) is 0.507. The Morgan fingerprint density at radius 1 is 1.08 bits per heavy atom. The molecule has 2 aromatic heterocycles. The van der Waals surface area contributed by atoms with E-state index in [0.717, 1.165) is 43.1 Å². The first-order valence-electron chi connectivity index (χ1n) is 11.7. The maximum Gasteiger partial charge on any atom is 0.250 e. The molecule has 2 aliphatic rings. The minimum atomic E-state index is -0.257. The molecule has 1 amide bonds. The highest BCUT2D eigenvalue weighted by atomic mass is 35.5. The topological polar surface area (TPSA) is 85.7 Å². The number of rotatable bonds is 6. The van der Waals surface area contributed by atoms with Crippen LogP contribution in [0.3, 0.4) is 0 Å². The van der Waals surface area contributed by atoms with Crippen molar-refractivity contribution in [2.45, 2.75) is 18.9 Å². The molecule has 2 bridgehead atoms. The second kappa shape index (κ2) is 10.9. The molecule has 4 heterocycles. The van der Waals surface area contributed by atoms with Gasteiger partial charge in [-0.3, -0.25) is 9.59 Å². The van der Waals surface area contributed by atoms with Crippen molar-refractivity contribution in [3.63, 3.8) is 0 Å². The number of hydrogen-bond donors (Lipinski definition) is 1. The molecule has 0 unspecified atom stereocenters. The van der Waals surface area contributed by atoms with E-state index in [-0.39, 0.29) is 23.9 Å². The Morgan fingerprint density at radius 2 is 1.94 bits per heavy atom. The number of anilines is 2. The average Bonchev–Trinajstić information content (AvgIpc) is 2.88. The number of nitrogens with one attached hydrogen (secondary N) is 1. The zero-order valence-corrected chi connectivity index (χ0v) is 21.0. The summed E-state index contributed by atoms with van der Waals surface area (Å²) >= 11 is 0. The fraction of sp³-hybridized carbons (Fsp3) is 0.296. The average molecular weight is 509 g/mol. The number of hydrogen-bond acceptors (Lipinski definition) is 6. The molecule has 1 saturated heterocycles. The monoisotopic (exact) mass is 508 g/mol. The van der Waals surface area contributed by atoms with Crippen LogP contribution in [0.1, 0.15) is 23.6 Å². The fourth-order valence-corrected chi connectivity index (χ4v) is 5.04. The van der Waals surface area contributed by atoms with Crippen LogP contribution >= 0.6 is 12.4 Å². The number of carbonyl (C=O) groups is 1. The highest BCUT2D eigenvalue weighted by Crippen LogP contribution is 2.36. The van der Waals surface area contributed by atoms with Gasteiger partial charge in [0, 0.05) is 55.0 Å². The van der Waals surface area contributed by atoms with Crippen molar-refractivity contribution >= 4 is 35.9 Å². The van der Waals surface area contributed by atoms with Gasteiger partial charge >= 0.3 is 0 Å². The first-order chi connectivity index (χ1) is 17.0. The molecule has 0 aliphatic carbocycles. The van der Waals surface area contributed by atoms with E-state index >= 15 is 0 Å². The SMILES string of the molecule is COc1ccc(/C=C/C(=O)Nc2ccc(N3C[C@H]4C[C@@H](C3)c3cccc(=O)n3C4)nc2)c(OC)c1.Cl. The number of benzene rings is 1. The first-order valence-corrected chi connectivity index (χ1v) is 11.7. The van der Waals surface area contributed by atoms with E-state index in [0.29, 0.717) is 29.0 Å². The maximum absolute atomic E-state index is 12.4. The van der Waals surface area contributed by atoms with Crippen molar-refractivity contribution in [3.8, 4) is 11.5 Å². The fourth-order valence-electron chi connectivity index (χ4n) is 5.04. The van der Waals surface area contributed by atoms with E-state index in [1.54, 1.807) is 38.6 Å². The Hall–Kier alpha value is -3.78. The number of carbonyl (C=O) groups excluding carboxylic acids is 1. The molecule has 0 radical (unpaired) electrons. The summed E-state index contributed by atoms with van der Waals surface area (Å²) in [6, 6.07) is 14.8. The molecule has 8 nitrogen and oxygen atoms in total. The number of nitrogens with zero attached hydrogens (tertiary/aromatic N) is 3. The van der Waals surface area contributed by atoms with E-state index in [9.17, 15) is 9.59 Å². The van der Waals surface area contributed by atoms with Crippen molar-refractivity contribution in [2.24, 2.45) is 5.92 Å². The minimum Gasteiger partial charge on any atom is -0.497 e. The first kappa shape index (κ1) is 25.3. The molecule has 0 saturated carbocycles. The van der Waals surface area contributed by atoms with Crippen molar-refractivity contribution in [3.05, 3.63) is 82.4 Å². The Labute approximate surface area is 216 Å². The largest absolute Gasteiger partial charge is 0.497 e. The number of amides is 1. The normalized spacial score (nSPS) is 18.2. The Balaban J connectivity index is 0.00000304. The zero-order valence-electron chi connectivity index (χ0n) is 20.2. The van der Waals surface area contributed by atoms with Gasteiger partial charge in [0.05, 0.1) is 26.1 Å². The van der Waals surface area contributed by atoms with E-state index < -0.39 is 0 Å². The smallest absolute Gasteiger partial charge is 0.250 e. The van der Waals surface area contributed by atoms with Gasteiger partial charge in [-0.05, 0) is 48.7 Å². The van der Waals surface area contributed by atoms with Gasteiger partial charge in [-0.1, -0.05) is 6.07 Å². The molecule has 5 rings (SSSR count). The number of ether oxygens (including phenoxy) is 2. The van der Waals surface area contributed by atoms with E-state index in [2.05, 4.69) is 21.3 Å². The highest BCUT2D eigenvalue weighted by Gasteiger charge is 2.34. The standard InChI is InChI=1S/C27H28N4O4.ClH/c1-34-22-9-6-19(24(13-22)35-2)7-11-26(32)29-21-8-10-25(28-14-21)30-15-18-12-20(17-30)23-4-3-5-27(33)31(23)16-18;/h3-11,13-14,18,20H,12,15-17H2,1-2H3,(H,29,32);1H/b11-7+;/t18-,20+;/m1./s1. The van der Waals surface area contributed by atoms with Gasteiger partial charge in [0.1, 0.15) is 17.3 Å². The molecule has 1 fully saturated rings. The van der Waals surface area contributed by atoms with E-state index in [4.69, 9.17) is 9.47 Å². The molecular formula is C27H29ClN4O4. The van der Waals surface area contributed by atoms with Gasteiger partial charge in [0.2, 0.25) is 5.91 Å². The summed E-state index contributed by atoms with van der Waals surface area (Å²) in [4.78, 5) is 31.6. The minimum absolute atomic E-state index is 0. The van der Waals surface area contributed by atoms with Crippen LogP contribution in [0.25, 0.3) is 6.08 Å². The summed E-state index contributed by atoms with van der Waals surface area (Å²) < 4.78 is 12.5. The predicted octanol–water partition coefficient (Wildman–Crippen LogP) is 3.96. The Morgan fingerprint density at radius 3 is 2.69 bits per heavy atom. The molecule has 2 aliphatic heterocycles. The van der Waals surface area contributed by atoms with Crippen LogP contribution < -0.4 is 25.2 Å². The van der Waals surface area contributed by atoms with Gasteiger partial charge < -0.3 is 24.3 Å². The second-order valence-corrected chi connectivity index (χ2v) is 8.94. The summed E-state index contributed by atoms with van der Waals surface area (Å²) in [5.74, 6) is 2.67. The third-order valence-electron chi connectivity index (χ3n) is 6.67. The highest BCUT2D eigenvalue weighted by molar-refractivity contribution is 6.02. The van der Waals surface area contributed by atoms with E-state index in [1.807, 2.05) is 34.9 Å². The van der Waals surface area contributed by atoms with Crippen molar-refractivity contribution < 1.29 is 14.3 Å². The number of halogens is 1. The summed E-state index contributed by atoms with van der Waals surface area (Å²) in [6.07, 6.45) is 5.94. The summed E-state index contributed by atoms with van der Waals surface area (Å²) in [5.41, 5.74) is 2.60. The third kappa shape index (κ3) is 5.23. The number of aromatic nitrogens is 2. The molecule has 2 atom stereocenters. The number of methoxy groups -OCH3 is 2. The van der Waals surface area contributed by atoms with Gasteiger partial charge in [-0.2, -0.15) is 0 Å². The lowest BCUT2D eigenvalue weighted by Crippen LogP contribution is -2.47. The predicted molar refractivity (Wildman–Crippen MR) is 142 cm³/mol. The maximum atomic E-state index is 12.4. The van der Waals surface area contributed by atoms with Gasteiger partial charge in [-0.15, -0.1) is 12.4 Å². The Kier molecular flexibility index (Phi) is 7.64. The molecule has 188 valence electrons. The number of pyridine rings is 2. The number of piperidine rings is 1. The third-order valence-corrected chi connectivity index (χ3v) is 6.67. The molecule has 36 heavy (non-hydrogen) atoms. The lowest BCUT2D eigenvalue weighted by molar-refractivity contribution is -0.111. The van der Waals surface area contributed by atoms with Crippen LogP contribution in [0.2, 0.25) is 0 Å². The number of fused-ring (bicyclic) bond motifs is 4. The van der Waals surface area contributed by atoms with Crippen LogP contribution in [-0.2, 0) is 11.3 Å². The lowest BCUT2D eigenvalue weighted by atomic mass is 9.83. The van der Waals surface area contributed by atoms with Gasteiger partial charge in [0.25, 0.3) is 5.56 Å². The van der Waals surface area contributed by atoms with Crippen molar-refractivity contribution in [2.75, 3.05) is 37.5 Å². The van der Waals surface area contributed by atoms with Crippen LogP contribution in [-0.4, -0.2) is 42.8 Å². The van der Waals surface area contributed by atoms with Gasteiger partial charge in [-0.25, -0.2) is 4.98 Å². The molecule has 1 aromatic carbocycles. The van der Waals surface area contributed by atoms with Crippen LogP contribution in [0.15, 0.2) is 65.6 Å². The van der Waals surface area contributed by atoms with E-state index in [1.165, 1.54) is 6.08 Å². The molecule has 3 aromatic rings. The molecule has 9 heteroatoms. The van der Waals surface area contributed by atoms with Crippen molar-refractivity contribution in [1.29, 1.82) is 0 Å². The summed E-state index contributed by atoms with van der Waals surface area (Å²) in [5, 5.41) is 2.85. The summed E-state index contributed by atoms with van der Waals surface area (Å²) in [7, 11) is 3.17. The van der Waals surface area contributed by atoms with Crippen molar-refractivity contribution in [1.82, 2.24) is 9.55 Å². The molecule has 0 spiro atoms. The van der Waals surface area contributed by atoms with Crippen LogP contribution in [0.4, 0.5) is 11.5 Å². The van der Waals surface area contributed by atoms with Gasteiger partial charge in [0.15, 0.2) is 0 Å². The molecule has 1 N–H and O–H groups in total. The Bertz CT molecular complexity index is 1320. The zero-order chi connectivity index (χ0) is 24.4. The molecular weight excluding hydrogens is 480 g/mol. The van der Waals surface area contributed by atoms with Crippen LogP contribution in [0, 0.1) is 5.92 Å². The second-order valence-electron chi connectivity index (χ2n) is 8.94. The summed E-state index contributed by atoms with van der Waals surface area (Å²) in [6.45, 7) is 2.44. The lowest BCUT2D eigenvalue weighted by Gasteiger charge is -2.43. The van der Waals surface area contributed by atoms with Crippen LogP contribution in [0.5, 0.6) is 11.5 Å².